The van der Waals surface area contributed by atoms with Gasteiger partial charge in [-0.25, -0.2) is 9.89 Å². The Morgan fingerprint density at radius 2 is 1.94 bits per heavy atom. The molecule has 2 heterocycles. The van der Waals surface area contributed by atoms with Crippen LogP contribution in [0.3, 0.4) is 0 Å². The summed E-state index contributed by atoms with van der Waals surface area (Å²) in [5.41, 5.74) is 1.76. The van der Waals surface area contributed by atoms with Gasteiger partial charge in [-0.1, -0.05) is 0 Å². The summed E-state index contributed by atoms with van der Waals surface area (Å²) in [5, 5.41) is 10.4. The van der Waals surface area contributed by atoms with Crippen LogP contribution in [0.15, 0.2) is 41.2 Å². The Hall–Kier alpha value is -2.63. The van der Waals surface area contributed by atoms with E-state index in [2.05, 4.69) is 15.3 Å². The lowest BCUT2D eigenvalue weighted by atomic mass is 10.1. The van der Waals surface area contributed by atoms with Gasteiger partial charge in [0.05, 0.1) is 12.8 Å². The molecule has 0 amide bonds. The van der Waals surface area contributed by atoms with Crippen LogP contribution in [-0.2, 0) is 0 Å². The van der Waals surface area contributed by atoms with Crippen molar-refractivity contribution in [3.63, 3.8) is 0 Å². The quantitative estimate of drug-likeness (QED) is 0.730. The zero-order valence-electron chi connectivity index (χ0n) is 9.62. The maximum Gasteiger partial charge on any atom is 0.364 e. The fraction of sp³-hybridized carbons (Fsp3) is 0.0833. The minimum Gasteiger partial charge on any atom is -0.497 e. The maximum absolute atomic E-state index is 11.4. The van der Waals surface area contributed by atoms with Gasteiger partial charge in [0.25, 0.3) is 0 Å². The molecule has 6 heteroatoms. The van der Waals surface area contributed by atoms with Crippen LogP contribution in [0.1, 0.15) is 0 Å². The van der Waals surface area contributed by atoms with E-state index in [1.165, 1.54) is 4.52 Å². The molecule has 0 saturated heterocycles. The van der Waals surface area contributed by atoms with Gasteiger partial charge in [-0.15, -0.1) is 0 Å². The van der Waals surface area contributed by atoms with Gasteiger partial charge < -0.3 is 4.74 Å². The van der Waals surface area contributed by atoms with Crippen LogP contribution < -0.4 is 10.4 Å². The van der Waals surface area contributed by atoms with Gasteiger partial charge in [0.15, 0.2) is 5.65 Å². The lowest BCUT2D eigenvalue weighted by Gasteiger charge is -2.02. The number of nitrogens with zero attached hydrogens (tertiary/aromatic N) is 3. The molecule has 0 aliphatic carbocycles. The van der Waals surface area contributed by atoms with Crippen molar-refractivity contribution in [1.29, 1.82) is 0 Å². The van der Waals surface area contributed by atoms with Crippen molar-refractivity contribution in [3.05, 3.63) is 46.9 Å². The van der Waals surface area contributed by atoms with E-state index in [4.69, 9.17) is 4.74 Å². The molecule has 0 aliphatic heterocycles. The second kappa shape index (κ2) is 3.99. The van der Waals surface area contributed by atoms with E-state index < -0.39 is 0 Å². The third-order valence-corrected chi connectivity index (χ3v) is 2.66. The third-order valence-electron chi connectivity index (χ3n) is 2.66. The van der Waals surface area contributed by atoms with Crippen LogP contribution in [0.5, 0.6) is 5.75 Å². The molecule has 0 spiro atoms. The molecular weight excluding hydrogens is 232 g/mol. The first-order valence-electron chi connectivity index (χ1n) is 5.37. The van der Waals surface area contributed by atoms with E-state index in [0.29, 0.717) is 11.3 Å². The number of benzene rings is 1. The Balaban J connectivity index is 2.12. The zero-order valence-corrected chi connectivity index (χ0v) is 9.62. The van der Waals surface area contributed by atoms with Gasteiger partial charge in [-0.3, -0.25) is 0 Å². The third kappa shape index (κ3) is 1.64. The molecule has 0 saturated carbocycles. The summed E-state index contributed by atoms with van der Waals surface area (Å²) in [6, 6.07) is 11.0. The number of nitrogens with one attached hydrogen (secondary N) is 1. The maximum atomic E-state index is 11.4. The zero-order chi connectivity index (χ0) is 12.5. The molecule has 1 aromatic carbocycles. The SMILES string of the molecule is COc1ccc(-c2ccc3n[nH]c(=O)n3n2)cc1. The largest absolute Gasteiger partial charge is 0.497 e. The molecule has 0 unspecified atom stereocenters. The van der Waals surface area contributed by atoms with E-state index in [9.17, 15) is 4.79 Å². The van der Waals surface area contributed by atoms with Crippen molar-refractivity contribution >= 4 is 5.65 Å². The average molecular weight is 242 g/mol. The number of aromatic nitrogens is 4. The first kappa shape index (κ1) is 10.5. The lowest BCUT2D eigenvalue weighted by Crippen LogP contribution is -2.12. The number of aromatic amines is 1. The van der Waals surface area contributed by atoms with Crippen LogP contribution in [0.2, 0.25) is 0 Å². The van der Waals surface area contributed by atoms with Crippen LogP contribution in [0, 0.1) is 0 Å². The monoisotopic (exact) mass is 242 g/mol. The lowest BCUT2D eigenvalue weighted by molar-refractivity contribution is 0.415. The van der Waals surface area contributed by atoms with E-state index in [0.717, 1.165) is 11.3 Å². The van der Waals surface area contributed by atoms with E-state index in [1.807, 2.05) is 30.3 Å². The van der Waals surface area contributed by atoms with Gasteiger partial charge in [0.1, 0.15) is 5.75 Å². The molecule has 0 atom stereocenters. The number of H-pyrrole nitrogens is 1. The van der Waals surface area contributed by atoms with Crippen molar-refractivity contribution in [1.82, 2.24) is 19.8 Å². The highest BCUT2D eigenvalue weighted by atomic mass is 16.5. The van der Waals surface area contributed by atoms with Gasteiger partial charge in [0.2, 0.25) is 0 Å². The highest BCUT2D eigenvalue weighted by Gasteiger charge is 2.04. The van der Waals surface area contributed by atoms with Gasteiger partial charge in [0, 0.05) is 5.56 Å². The summed E-state index contributed by atoms with van der Waals surface area (Å²) >= 11 is 0. The summed E-state index contributed by atoms with van der Waals surface area (Å²) in [6.45, 7) is 0. The minimum absolute atomic E-state index is 0.347. The van der Waals surface area contributed by atoms with Crippen molar-refractivity contribution in [3.8, 4) is 17.0 Å². The standard InChI is InChI=1S/C12H10N4O2/c1-18-9-4-2-8(3-5-9)10-6-7-11-13-14-12(17)16(11)15-10/h2-7H,1H3,(H,14,17). The molecule has 18 heavy (non-hydrogen) atoms. The summed E-state index contributed by atoms with van der Waals surface area (Å²) in [4.78, 5) is 11.4. The van der Waals surface area contributed by atoms with Gasteiger partial charge >= 0.3 is 5.69 Å². The highest BCUT2D eigenvalue weighted by Crippen LogP contribution is 2.20. The number of hydrogen-bond donors (Lipinski definition) is 1. The van der Waals surface area contributed by atoms with Crippen LogP contribution in [-0.4, -0.2) is 26.9 Å². The molecular formula is C12H10N4O2. The van der Waals surface area contributed by atoms with Crippen molar-refractivity contribution in [2.45, 2.75) is 0 Å². The fourth-order valence-corrected chi connectivity index (χ4v) is 1.72. The number of fused-ring (bicyclic) bond motifs is 1. The Labute approximate surface area is 102 Å². The Morgan fingerprint density at radius 3 is 2.67 bits per heavy atom. The van der Waals surface area contributed by atoms with Crippen molar-refractivity contribution in [2.24, 2.45) is 0 Å². The fourth-order valence-electron chi connectivity index (χ4n) is 1.72. The van der Waals surface area contributed by atoms with Gasteiger partial charge in [-0.05, 0) is 36.4 Å². The smallest absolute Gasteiger partial charge is 0.364 e. The van der Waals surface area contributed by atoms with Gasteiger partial charge in [-0.2, -0.15) is 14.7 Å². The normalized spacial score (nSPS) is 10.7. The summed E-state index contributed by atoms with van der Waals surface area (Å²) in [7, 11) is 1.62. The van der Waals surface area contributed by atoms with Crippen LogP contribution >= 0.6 is 0 Å². The molecule has 90 valence electrons. The van der Waals surface area contributed by atoms with E-state index >= 15 is 0 Å². The molecule has 3 aromatic rings. The predicted octanol–water partition coefficient (Wildman–Crippen LogP) is 1.09. The number of hydrogen-bond acceptors (Lipinski definition) is 4. The topological polar surface area (TPSA) is 72.3 Å². The minimum atomic E-state index is -0.347. The second-order valence-electron chi connectivity index (χ2n) is 3.75. The number of ether oxygens (including phenoxy) is 1. The Bertz CT molecular complexity index is 743. The highest BCUT2D eigenvalue weighted by molar-refractivity contribution is 5.60. The molecule has 0 radical (unpaired) electrons. The average Bonchev–Trinajstić information content (AvgIpc) is 2.80. The summed E-state index contributed by atoms with van der Waals surface area (Å²) in [5.74, 6) is 0.778. The molecule has 3 rings (SSSR count). The number of methoxy groups -OCH3 is 1. The molecule has 0 fully saturated rings. The van der Waals surface area contributed by atoms with Crippen LogP contribution in [0.25, 0.3) is 16.9 Å². The Kier molecular flexibility index (Phi) is 2.33. The number of rotatable bonds is 2. The first-order valence-corrected chi connectivity index (χ1v) is 5.37. The first-order chi connectivity index (χ1) is 8.78. The van der Waals surface area contributed by atoms with Crippen LogP contribution in [0.4, 0.5) is 0 Å². The molecule has 6 nitrogen and oxygen atoms in total. The second-order valence-corrected chi connectivity index (χ2v) is 3.75. The summed E-state index contributed by atoms with van der Waals surface area (Å²) in [6.07, 6.45) is 0. The molecule has 2 aromatic heterocycles. The predicted molar refractivity (Wildman–Crippen MR) is 65.6 cm³/mol. The molecule has 0 aliphatic rings. The van der Waals surface area contributed by atoms with E-state index in [1.54, 1.807) is 13.2 Å². The summed E-state index contributed by atoms with van der Waals surface area (Å²) < 4.78 is 6.33. The Morgan fingerprint density at radius 1 is 1.17 bits per heavy atom. The van der Waals surface area contributed by atoms with Crippen molar-refractivity contribution in [2.75, 3.05) is 7.11 Å². The molecule has 0 bridgehead atoms. The van der Waals surface area contributed by atoms with E-state index in [-0.39, 0.29) is 5.69 Å². The molecule has 1 N–H and O–H groups in total. The van der Waals surface area contributed by atoms with Crippen molar-refractivity contribution < 1.29 is 4.74 Å².